The van der Waals surface area contributed by atoms with E-state index in [4.69, 9.17) is 17.0 Å². The van der Waals surface area contributed by atoms with Gasteiger partial charge in [-0.05, 0) is 0 Å². The van der Waals surface area contributed by atoms with Crippen LogP contribution in [0.4, 0.5) is 0 Å². The van der Waals surface area contributed by atoms with Gasteiger partial charge in [0.25, 0.3) is 0 Å². The molecule has 80 valence electrons. The van der Waals surface area contributed by atoms with E-state index in [9.17, 15) is 0 Å². The number of hydrogen-bond donors (Lipinski definition) is 0. The zero-order chi connectivity index (χ0) is 11.1. The van der Waals surface area contributed by atoms with E-state index < -0.39 is 20.8 Å². The summed E-state index contributed by atoms with van der Waals surface area (Å²) in [6, 6.07) is 0. The zero-order valence-corrected chi connectivity index (χ0v) is 12.0. The molecule has 0 aromatic heterocycles. The van der Waals surface area contributed by atoms with Gasteiger partial charge in [0.15, 0.2) is 0 Å². The molecule has 0 bridgehead atoms. The molecule has 0 rings (SSSR count). The molecule has 0 heterocycles. The van der Waals surface area contributed by atoms with E-state index in [0.29, 0.717) is 5.92 Å². The van der Waals surface area contributed by atoms with E-state index in [1.165, 1.54) is 0 Å². The molecule has 3 heteroatoms. The van der Waals surface area contributed by atoms with Crippen LogP contribution in [0.3, 0.4) is 0 Å². The van der Waals surface area contributed by atoms with Crippen molar-refractivity contribution in [2.45, 2.75) is 19.3 Å². The third-order valence-corrected chi connectivity index (χ3v) is 0.954. The van der Waals surface area contributed by atoms with Crippen LogP contribution in [0, 0.1) is 33.6 Å². The van der Waals surface area contributed by atoms with Gasteiger partial charge in [0.2, 0.25) is 0 Å². The summed E-state index contributed by atoms with van der Waals surface area (Å²) in [5, 5.41) is 0. The first-order valence-electron chi connectivity index (χ1n) is 3.94. The van der Waals surface area contributed by atoms with Crippen LogP contribution in [0.2, 0.25) is 0 Å². The van der Waals surface area contributed by atoms with Gasteiger partial charge in [-0.2, -0.15) is 5.92 Å². The summed E-state index contributed by atoms with van der Waals surface area (Å²) < 4.78 is 0. The van der Waals surface area contributed by atoms with Crippen molar-refractivity contribution in [3.63, 3.8) is 0 Å². The van der Waals surface area contributed by atoms with Gasteiger partial charge in [-0.25, -0.2) is 19.3 Å². The van der Waals surface area contributed by atoms with Crippen molar-refractivity contribution < 1.29 is 20.8 Å². The summed E-state index contributed by atoms with van der Waals surface area (Å²) in [5.41, 5.74) is 0. The second kappa shape index (κ2) is 23.2. The van der Waals surface area contributed by atoms with Crippen molar-refractivity contribution in [3.8, 4) is 0 Å². The summed E-state index contributed by atoms with van der Waals surface area (Å²) in [5.74, 6) is 0.338. The summed E-state index contributed by atoms with van der Waals surface area (Å²) in [6.45, 7) is 17.9. The molecule has 0 spiro atoms. The van der Waals surface area contributed by atoms with Crippen molar-refractivity contribution in [2.75, 3.05) is 0 Å². The number of hydrogen-bond acceptors (Lipinski definition) is 0. The topological polar surface area (TPSA) is 0 Å². The second-order valence-electron chi connectivity index (χ2n) is 2.06. The second-order valence-corrected chi connectivity index (χ2v) is 5.79. The summed E-state index contributed by atoms with van der Waals surface area (Å²) in [7, 11) is 9.87. The standard InChI is InChI=1S/C6H10.C4H8.2ClH.Zr/c1-4-6(3)5-2;1-3-4-2;;;/h4,6H,1-3,5H2;1-4H2;2*1H;/q2*-2;;;+2/p-2. The van der Waals surface area contributed by atoms with Crippen LogP contribution >= 0.6 is 17.0 Å². The Bertz CT molecular complexity index is 75.3. The molecule has 0 aliphatic carbocycles. The predicted octanol–water partition coefficient (Wildman–Crippen LogP) is 4.66. The number of halogens is 2. The number of allylic oxidation sites excluding steroid dienone is 1. The Labute approximate surface area is 103 Å². The SMILES string of the molecule is C=CC([CH2-])C[CH2-].[CH2-]CC[CH2-].[Cl][Zr][Cl]. The Morgan fingerprint density at radius 1 is 1.23 bits per heavy atom. The molecule has 0 aromatic carbocycles. The minimum atomic E-state index is -0.826. The molecule has 0 nitrogen and oxygen atoms in total. The van der Waals surface area contributed by atoms with E-state index in [1.54, 1.807) is 6.08 Å². The molecule has 1 atom stereocenters. The molecule has 0 N–H and O–H groups in total. The monoisotopic (exact) mass is 298 g/mol. The Kier molecular flexibility index (Phi) is 35.2. The zero-order valence-electron chi connectivity index (χ0n) is 8.07. The van der Waals surface area contributed by atoms with Gasteiger partial charge < -0.3 is 27.7 Å². The van der Waals surface area contributed by atoms with Crippen LogP contribution in [-0.2, 0) is 20.8 Å². The molecule has 13 heavy (non-hydrogen) atoms. The molecule has 0 aliphatic heterocycles. The van der Waals surface area contributed by atoms with Gasteiger partial charge >= 0.3 is 37.9 Å². The number of unbranched alkanes of at least 4 members (excludes halogenated alkanes) is 1. The molecular weight excluding hydrogens is 282 g/mol. The van der Waals surface area contributed by atoms with E-state index in [1.807, 2.05) is 0 Å². The van der Waals surface area contributed by atoms with Crippen molar-refractivity contribution in [1.82, 2.24) is 0 Å². The molecule has 0 amide bonds. The van der Waals surface area contributed by atoms with Crippen LogP contribution < -0.4 is 0 Å². The Hall–Kier alpha value is 1.20. The average molecular weight is 300 g/mol. The van der Waals surface area contributed by atoms with Crippen LogP contribution in [-0.4, -0.2) is 0 Å². The predicted molar refractivity (Wildman–Crippen MR) is 60.7 cm³/mol. The maximum absolute atomic E-state index is 4.93. The van der Waals surface area contributed by atoms with E-state index in [0.717, 1.165) is 19.3 Å². The fraction of sp³-hybridized carbons (Fsp3) is 0.400. The van der Waals surface area contributed by atoms with Crippen LogP contribution in [0.25, 0.3) is 0 Å². The molecule has 0 saturated heterocycles. The average Bonchev–Trinajstić information content (AvgIpc) is 2.18. The van der Waals surface area contributed by atoms with Gasteiger partial charge in [-0.15, -0.1) is 12.7 Å². The fourth-order valence-electron chi connectivity index (χ4n) is 0.118. The quantitative estimate of drug-likeness (QED) is 0.525. The van der Waals surface area contributed by atoms with Crippen LogP contribution in [0.5, 0.6) is 0 Å². The summed E-state index contributed by atoms with van der Waals surface area (Å²) >= 11 is -0.826. The minimum absolute atomic E-state index is 0.338. The van der Waals surface area contributed by atoms with Gasteiger partial charge in [0.1, 0.15) is 0 Å². The first-order chi connectivity index (χ1) is 6.14. The van der Waals surface area contributed by atoms with E-state index in [-0.39, 0.29) is 0 Å². The summed E-state index contributed by atoms with van der Waals surface area (Å²) in [6.07, 6.45) is 4.57. The van der Waals surface area contributed by atoms with Gasteiger partial charge in [-0.3, -0.25) is 0 Å². The van der Waals surface area contributed by atoms with Gasteiger partial charge in [-0.1, -0.05) is 0 Å². The van der Waals surface area contributed by atoms with Crippen LogP contribution in [0.1, 0.15) is 19.3 Å². The molecule has 1 unspecified atom stereocenters. The van der Waals surface area contributed by atoms with Gasteiger partial charge in [0.05, 0.1) is 0 Å². The maximum atomic E-state index is 4.93. The van der Waals surface area contributed by atoms with Gasteiger partial charge in [0, 0.05) is 0 Å². The normalized spacial score (nSPS) is 9.69. The first kappa shape index (κ1) is 19.7. The van der Waals surface area contributed by atoms with E-state index >= 15 is 0 Å². The fourth-order valence-corrected chi connectivity index (χ4v) is 0.118. The van der Waals surface area contributed by atoms with Crippen molar-refractivity contribution in [1.29, 1.82) is 0 Å². The molecule has 0 fully saturated rings. The van der Waals surface area contributed by atoms with E-state index in [2.05, 4.69) is 34.3 Å². The summed E-state index contributed by atoms with van der Waals surface area (Å²) in [4.78, 5) is 0. The Morgan fingerprint density at radius 2 is 1.54 bits per heavy atom. The number of rotatable bonds is 3. The van der Waals surface area contributed by atoms with Crippen molar-refractivity contribution in [2.24, 2.45) is 5.92 Å². The molecule has 0 radical (unpaired) electrons. The Morgan fingerprint density at radius 3 is 1.54 bits per heavy atom. The van der Waals surface area contributed by atoms with Crippen molar-refractivity contribution >= 4 is 17.0 Å². The van der Waals surface area contributed by atoms with Crippen LogP contribution in [0.15, 0.2) is 12.7 Å². The Balaban J connectivity index is -0.000000125. The molecule has 0 aromatic rings. The van der Waals surface area contributed by atoms with Crippen molar-refractivity contribution in [3.05, 3.63) is 40.3 Å². The first-order valence-corrected chi connectivity index (χ1v) is 10.3. The molecular formula is C10H18Cl2Zr-4. The molecule has 0 saturated carbocycles. The molecule has 0 aliphatic rings. The third kappa shape index (κ3) is 43.1. The third-order valence-electron chi connectivity index (χ3n) is 0.954.